The molecule has 9 nitrogen and oxygen atoms in total. The van der Waals surface area contributed by atoms with Gasteiger partial charge in [0.25, 0.3) is 0 Å². The number of hydrogen-bond donors (Lipinski definition) is 1. The lowest BCUT2D eigenvalue weighted by Gasteiger charge is -2.41. The quantitative estimate of drug-likeness (QED) is 0.197. The SMILES string of the molecule is C=CC(=O)N1CCN(C(=NC)c2cc(Cl)c(-c3ccccc3F)nc2N(C=O)c2cn[nH]c2C(C)C)C(C)C1. The summed E-state index contributed by atoms with van der Waals surface area (Å²) in [7, 11) is 1.65. The summed E-state index contributed by atoms with van der Waals surface area (Å²) < 4.78 is 14.8. The van der Waals surface area contributed by atoms with Crippen molar-refractivity contribution in [2.75, 3.05) is 31.6 Å². The Bertz CT molecular complexity index is 1420. The average Bonchev–Trinajstić information content (AvgIpc) is 3.41. The lowest BCUT2D eigenvalue weighted by Crippen LogP contribution is -2.55. The first-order chi connectivity index (χ1) is 18.7. The molecule has 1 aliphatic heterocycles. The second kappa shape index (κ2) is 11.8. The van der Waals surface area contributed by atoms with E-state index in [-0.39, 0.29) is 40.0 Å². The van der Waals surface area contributed by atoms with E-state index in [1.54, 1.807) is 42.4 Å². The van der Waals surface area contributed by atoms with E-state index < -0.39 is 5.82 Å². The number of amidine groups is 1. The number of nitrogens with one attached hydrogen (secondary N) is 1. The molecule has 204 valence electrons. The standard InChI is InChI=1S/C28H31ClFN7O2/c1-6-24(39)35-11-12-36(18(4)15-35)27(31-5)20-13-21(29)26(19-9-7-8-10-22(19)30)33-28(20)37(16-38)23-14-32-34-25(23)17(2)3/h6-10,13-14,16-18H,1,11-12,15H2,2-5H3,(H,32,34). The number of piperazine rings is 1. The lowest BCUT2D eigenvalue weighted by atomic mass is 10.1. The third-order valence-corrected chi connectivity index (χ3v) is 7.03. The van der Waals surface area contributed by atoms with Gasteiger partial charge >= 0.3 is 0 Å². The van der Waals surface area contributed by atoms with Crippen molar-refractivity contribution < 1.29 is 14.0 Å². The highest BCUT2D eigenvalue weighted by Gasteiger charge is 2.32. The third kappa shape index (κ3) is 5.42. The molecule has 0 radical (unpaired) electrons. The Balaban J connectivity index is 1.90. The van der Waals surface area contributed by atoms with Crippen LogP contribution in [0.15, 0.2) is 54.2 Å². The number of halogens is 2. The Labute approximate surface area is 232 Å². The summed E-state index contributed by atoms with van der Waals surface area (Å²) >= 11 is 6.73. The molecule has 1 aliphatic rings. The van der Waals surface area contributed by atoms with Crippen LogP contribution in [0.3, 0.4) is 0 Å². The number of anilines is 2. The van der Waals surface area contributed by atoms with Gasteiger partial charge in [0.15, 0.2) is 5.82 Å². The van der Waals surface area contributed by atoms with Gasteiger partial charge in [-0.15, -0.1) is 0 Å². The fourth-order valence-corrected chi connectivity index (χ4v) is 5.06. The van der Waals surface area contributed by atoms with Gasteiger partial charge in [0.1, 0.15) is 11.7 Å². The molecular weight excluding hydrogens is 521 g/mol. The molecule has 3 aromatic rings. The van der Waals surface area contributed by atoms with E-state index in [9.17, 15) is 14.0 Å². The zero-order valence-corrected chi connectivity index (χ0v) is 23.1. The zero-order chi connectivity index (χ0) is 28.3. The van der Waals surface area contributed by atoms with Gasteiger partial charge in [-0.05, 0) is 37.1 Å². The second-order valence-corrected chi connectivity index (χ2v) is 9.95. The molecule has 0 aliphatic carbocycles. The molecule has 0 bridgehead atoms. The molecule has 2 aromatic heterocycles. The number of benzene rings is 1. The van der Waals surface area contributed by atoms with Crippen LogP contribution in [-0.4, -0.2) is 75.9 Å². The van der Waals surface area contributed by atoms with Gasteiger partial charge in [-0.2, -0.15) is 5.10 Å². The molecule has 1 N–H and O–H groups in total. The predicted octanol–water partition coefficient (Wildman–Crippen LogP) is 4.78. The Morgan fingerprint density at radius 3 is 2.69 bits per heavy atom. The Hall–Kier alpha value is -4.05. The number of rotatable bonds is 7. The molecule has 1 fully saturated rings. The molecule has 4 rings (SSSR count). The molecular formula is C28H31ClFN7O2. The molecule has 2 amide bonds. The van der Waals surface area contributed by atoms with Gasteiger partial charge in [0.2, 0.25) is 12.3 Å². The van der Waals surface area contributed by atoms with E-state index in [0.717, 1.165) is 5.69 Å². The minimum atomic E-state index is -0.490. The lowest BCUT2D eigenvalue weighted by molar-refractivity contribution is -0.128. The van der Waals surface area contributed by atoms with Crippen molar-refractivity contribution in [3.63, 3.8) is 0 Å². The van der Waals surface area contributed by atoms with Gasteiger partial charge in [-0.3, -0.25) is 24.6 Å². The molecule has 1 saturated heterocycles. The molecule has 3 heterocycles. The van der Waals surface area contributed by atoms with Crippen LogP contribution in [0.1, 0.15) is 37.9 Å². The summed E-state index contributed by atoms with van der Waals surface area (Å²) in [6, 6.07) is 7.75. The first kappa shape index (κ1) is 28.0. The fourth-order valence-electron chi connectivity index (χ4n) is 4.80. The van der Waals surface area contributed by atoms with E-state index in [0.29, 0.717) is 43.1 Å². The summed E-state index contributed by atoms with van der Waals surface area (Å²) in [5.74, 6) is 0.175. The highest BCUT2D eigenvalue weighted by molar-refractivity contribution is 6.33. The number of carbonyl (C=O) groups is 2. The Morgan fingerprint density at radius 1 is 1.33 bits per heavy atom. The summed E-state index contributed by atoms with van der Waals surface area (Å²) in [4.78, 5) is 39.4. The number of amides is 2. The maximum atomic E-state index is 14.8. The normalized spacial score (nSPS) is 16.0. The van der Waals surface area contributed by atoms with Crippen LogP contribution < -0.4 is 4.90 Å². The molecule has 1 atom stereocenters. The van der Waals surface area contributed by atoms with Crippen LogP contribution in [-0.2, 0) is 9.59 Å². The van der Waals surface area contributed by atoms with E-state index in [1.807, 2.05) is 25.7 Å². The van der Waals surface area contributed by atoms with Gasteiger partial charge in [-0.25, -0.2) is 9.37 Å². The van der Waals surface area contributed by atoms with Crippen molar-refractivity contribution in [2.45, 2.75) is 32.7 Å². The first-order valence-corrected chi connectivity index (χ1v) is 13.0. The third-order valence-electron chi connectivity index (χ3n) is 6.74. The Kier molecular flexibility index (Phi) is 8.44. The molecule has 0 saturated carbocycles. The average molecular weight is 552 g/mol. The van der Waals surface area contributed by atoms with Gasteiger partial charge in [0, 0.05) is 38.3 Å². The number of H-pyrrole nitrogens is 1. The fraction of sp³-hybridized carbons (Fsp3) is 0.321. The zero-order valence-electron chi connectivity index (χ0n) is 22.4. The number of aromatic amines is 1. The smallest absolute Gasteiger partial charge is 0.246 e. The van der Waals surface area contributed by atoms with Crippen molar-refractivity contribution in [1.29, 1.82) is 0 Å². The maximum Gasteiger partial charge on any atom is 0.246 e. The van der Waals surface area contributed by atoms with Gasteiger partial charge in [-0.1, -0.05) is 44.2 Å². The molecule has 1 aromatic carbocycles. The first-order valence-electron chi connectivity index (χ1n) is 12.6. The van der Waals surface area contributed by atoms with Crippen molar-refractivity contribution in [3.8, 4) is 11.3 Å². The number of nitrogens with zero attached hydrogens (tertiary/aromatic N) is 6. The van der Waals surface area contributed by atoms with Crippen LogP contribution in [0, 0.1) is 5.82 Å². The van der Waals surface area contributed by atoms with E-state index >= 15 is 0 Å². The number of aromatic nitrogens is 3. The second-order valence-electron chi connectivity index (χ2n) is 9.55. The largest absolute Gasteiger partial charge is 0.350 e. The van der Waals surface area contributed by atoms with Crippen LogP contribution in [0.25, 0.3) is 11.3 Å². The summed E-state index contributed by atoms with van der Waals surface area (Å²) in [5.41, 5.74) is 2.13. The highest BCUT2D eigenvalue weighted by atomic mass is 35.5. The summed E-state index contributed by atoms with van der Waals surface area (Å²) in [6.07, 6.45) is 3.51. The van der Waals surface area contributed by atoms with E-state index in [2.05, 4.69) is 21.8 Å². The topological polar surface area (TPSA) is 97.8 Å². The number of carbonyl (C=O) groups excluding carboxylic acids is 2. The molecule has 11 heteroatoms. The monoisotopic (exact) mass is 551 g/mol. The Morgan fingerprint density at radius 2 is 2.08 bits per heavy atom. The van der Waals surface area contributed by atoms with Gasteiger partial charge in [0.05, 0.1) is 33.9 Å². The van der Waals surface area contributed by atoms with Crippen molar-refractivity contribution in [2.24, 2.45) is 4.99 Å². The summed E-state index contributed by atoms with van der Waals surface area (Å²) in [6.45, 7) is 10.9. The van der Waals surface area contributed by atoms with Crippen molar-refractivity contribution in [1.82, 2.24) is 25.0 Å². The minimum absolute atomic E-state index is 0.0292. The highest BCUT2D eigenvalue weighted by Crippen LogP contribution is 2.37. The van der Waals surface area contributed by atoms with E-state index in [4.69, 9.17) is 16.6 Å². The molecule has 1 unspecified atom stereocenters. The van der Waals surface area contributed by atoms with E-state index in [1.165, 1.54) is 17.0 Å². The maximum absolute atomic E-state index is 14.8. The predicted molar refractivity (Wildman–Crippen MR) is 151 cm³/mol. The minimum Gasteiger partial charge on any atom is -0.350 e. The van der Waals surface area contributed by atoms with Crippen molar-refractivity contribution >= 4 is 41.3 Å². The van der Waals surface area contributed by atoms with Crippen molar-refractivity contribution in [3.05, 3.63) is 71.3 Å². The number of pyridine rings is 1. The van der Waals surface area contributed by atoms with Crippen LogP contribution in [0.2, 0.25) is 5.02 Å². The summed E-state index contributed by atoms with van der Waals surface area (Å²) in [5, 5.41) is 7.32. The molecule has 39 heavy (non-hydrogen) atoms. The van der Waals surface area contributed by atoms with Gasteiger partial charge < -0.3 is 9.80 Å². The number of aliphatic imine (C=N–C) groups is 1. The van der Waals surface area contributed by atoms with Crippen LogP contribution >= 0.6 is 11.6 Å². The van der Waals surface area contributed by atoms with Crippen LogP contribution in [0.5, 0.6) is 0 Å². The van der Waals surface area contributed by atoms with Crippen LogP contribution in [0.4, 0.5) is 15.9 Å². The molecule has 0 spiro atoms. The number of hydrogen-bond acceptors (Lipinski definition) is 5.